The van der Waals surface area contributed by atoms with E-state index in [1.807, 2.05) is 0 Å². The Morgan fingerprint density at radius 1 is 0.955 bits per heavy atom. The normalized spacial score (nSPS) is 13.0. The van der Waals surface area contributed by atoms with Gasteiger partial charge in [-0.05, 0) is 25.3 Å². The maximum atomic E-state index is 11.6. The Morgan fingerprint density at radius 2 is 1.59 bits per heavy atom. The summed E-state index contributed by atoms with van der Waals surface area (Å²) in [5, 5.41) is 18.1. The smallest absolute Gasteiger partial charge is 0.303 e. The average molecular weight is 310 g/mol. The van der Waals surface area contributed by atoms with Crippen LogP contribution < -0.4 is 0 Å². The third kappa shape index (κ3) is 15.0. The number of rotatable bonds is 14. The molecule has 0 aromatic rings. The first-order chi connectivity index (χ1) is 10.6. The van der Waals surface area contributed by atoms with E-state index in [0.29, 0.717) is 12.8 Å². The minimum absolute atomic E-state index is 0.0956. The second-order valence-electron chi connectivity index (χ2n) is 5.58. The number of unbranched alkanes of at least 4 members (excludes halogenated alkanes) is 5. The Balaban J connectivity index is 3.58. The molecule has 0 heterocycles. The van der Waals surface area contributed by atoms with Crippen LogP contribution in [0.5, 0.6) is 0 Å². The van der Waals surface area contributed by atoms with E-state index < -0.39 is 12.1 Å². The number of aliphatic hydroxyl groups is 1. The van der Waals surface area contributed by atoms with Gasteiger partial charge in [-0.1, -0.05) is 57.3 Å². The number of aliphatic hydroxyl groups excluding tert-OH is 1. The van der Waals surface area contributed by atoms with E-state index in [2.05, 4.69) is 6.92 Å². The molecule has 1 atom stereocenters. The van der Waals surface area contributed by atoms with Crippen LogP contribution >= 0.6 is 0 Å². The highest BCUT2D eigenvalue weighted by Crippen LogP contribution is 2.08. The lowest BCUT2D eigenvalue weighted by molar-refractivity contribution is -0.137. The molecule has 0 aliphatic heterocycles. The van der Waals surface area contributed by atoms with Gasteiger partial charge in [0.1, 0.15) is 0 Å². The SMILES string of the molecule is CCCC[C@@H](O)/C=C/C=C/C(=O)CCCCCCCC(=O)O. The zero-order valence-electron chi connectivity index (χ0n) is 13.7. The van der Waals surface area contributed by atoms with Gasteiger partial charge in [0, 0.05) is 12.8 Å². The number of carboxylic acids is 1. The van der Waals surface area contributed by atoms with Crippen LogP contribution in [-0.2, 0) is 9.59 Å². The van der Waals surface area contributed by atoms with Gasteiger partial charge in [0.15, 0.2) is 5.78 Å². The summed E-state index contributed by atoms with van der Waals surface area (Å²) in [6.07, 6.45) is 14.3. The molecule has 0 saturated carbocycles. The van der Waals surface area contributed by atoms with E-state index in [-0.39, 0.29) is 12.2 Å². The van der Waals surface area contributed by atoms with Gasteiger partial charge in [-0.3, -0.25) is 9.59 Å². The Morgan fingerprint density at radius 3 is 2.23 bits per heavy atom. The zero-order valence-corrected chi connectivity index (χ0v) is 13.7. The third-order valence-corrected chi connectivity index (χ3v) is 3.39. The fourth-order valence-electron chi connectivity index (χ4n) is 2.05. The highest BCUT2D eigenvalue weighted by molar-refractivity contribution is 5.89. The fraction of sp³-hybridized carbons (Fsp3) is 0.667. The second-order valence-corrected chi connectivity index (χ2v) is 5.58. The number of hydrogen-bond donors (Lipinski definition) is 2. The van der Waals surface area contributed by atoms with E-state index in [4.69, 9.17) is 5.11 Å². The van der Waals surface area contributed by atoms with Crippen molar-refractivity contribution in [1.29, 1.82) is 0 Å². The molecular formula is C18H30O4. The summed E-state index contributed by atoms with van der Waals surface area (Å²) in [5.41, 5.74) is 0. The van der Waals surface area contributed by atoms with Crippen molar-refractivity contribution in [2.24, 2.45) is 0 Å². The second kappa shape index (κ2) is 14.5. The van der Waals surface area contributed by atoms with Crippen molar-refractivity contribution in [3.63, 3.8) is 0 Å². The van der Waals surface area contributed by atoms with Gasteiger partial charge in [-0.25, -0.2) is 0 Å². The fourth-order valence-corrected chi connectivity index (χ4v) is 2.05. The van der Waals surface area contributed by atoms with Crippen molar-refractivity contribution in [3.05, 3.63) is 24.3 Å². The van der Waals surface area contributed by atoms with Crippen LogP contribution in [0.3, 0.4) is 0 Å². The van der Waals surface area contributed by atoms with E-state index in [0.717, 1.165) is 44.9 Å². The molecule has 2 N–H and O–H groups in total. The Labute approximate surface area is 133 Å². The van der Waals surface area contributed by atoms with Gasteiger partial charge in [-0.15, -0.1) is 0 Å². The molecule has 0 aromatic carbocycles. The standard InChI is InChI=1S/C18H30O4/c1-2-3-11-16(19)13-9-10-14-17(20)12-7-5-4-6-8-15-18(21)22/h9-10,13-14,16,19H,2-8,11-12,15H2,1H3,(H,21,22)/b13-9+,14-10+/t16-/m1/s1. The molecule has 126 valence electrons. The molecule has 0 unspecified atom stereocenters. The lowest BCUT2D eigenvalue weighted by Gasteiger charge is -2.01. The number of carboxylic acid groups (broad SMARTS) is 1. The van der Waals surface area contributed by atoms with Crippen LogP contribution in [0, 0.1) is 0 Å². The van der Waals surface area contributed by atoms with Crippen LogP contribution in [0.1, 0.15) is 71.1 Å². The topological polar surface area (TPSA) is 74.6 Å². The van der Waals surface area contributed by atoms with Gasteiger partial charge in [-0.2, -0.15) is 0 Å². The summed E-state index contributed by atoms with van der Waals surface area (Å²) in [5.74, 6) is -0.647. The third-order valence-electron chi connectivity index (χ3n) is 3.39. The summed E-state index contributed by atoms with van der Waals surface area (Å²) in [6.45, 7) is 2.08. The monoisotopic (exact) mass is 310 g/mol. The molecule has 0 rings (SSSR count). The Kier molecular flexibility index (Phi) is 13.6. The van der Waals surface area contributed by atoms with Crippen molar-refractivity contribution < 1.29 is 19.8 Å². The Hall–Kier alpha value is -1.42. The van der Waals surface area contributed by atoms with Crippen LogP contribution in [0.25, 0.3) is 0 Å². The highest BCUT2D eigenvalue weighted by Gasteiger charge is 1.99. The molecule has 0 radical (unpaired) electrons. The highest BCUT2D eigenvalue weighted by atomic mass is 16.4. The van der Waals surface area contributed by atoms with E-state index >= 15 is 0 Å². The van der Waals surface area contributed by atoms with Gasteiger partial charge < -0.3 is 10.2 Å². The molecule has 0 aliphatic rings. The molecule has 4 heteroatoms. The average Bonchev–Trinajstić information content (AvgIpc) is 2.48. The predicted molar refractivity (Wildman–Crippen MR) is 88.8 cm³/mol. The van der Waals surface area contributed by atoms with Crippen molar-refractivity contribution in [2.45, 2.75) is 77.2 Å². The molecule has 0 aromatic heterocycles. The number of ketones is 1. The predicted octanol–water partition coefficient (Wildman–Crippen LogP) is 4.03. The van der Waals surface area contributed by atoms with Crippen molar-refractivity contribution in [1.82, 2.24) is 0 Å². The molecule has 4 nitrogen and oxygen atoms in total. The van der Waals surface area contributed by atoms with Crippen LogP contribution in [0.15, 0.2) is 24.3 Å². The molecule has 0 fully saturated rings. The van der Waals surface area contributed by atoms with E-state index in [1.165, 1.54) is 0 Å². The van der Waals surface area contributed by atoms with Crippen molar-refractivity contribution >= 4 is 11.8 Å². The number of carbonyl (C=O) groups excluding carboxylic acids is 1. The number of aliphatic carboxylic acids is 1. The summed E-state index contributed by atoms with van der Waals surface area (Å²) in [4.78, 5) is 21.9. The zero-order chi connectivity index (χ0) is 16.6. The van der Waals surface area contributed by atoms with E-state index in [1.54, 1.807) is 24.3 Å². The molecule has 0 saturated heterocycles. The van der Waals surface area contributed by atoms with Gasteiger partial charge >= 0.3 is 5.97 Å². The lowest BCUT2D eigenvalue weighted by atomic mass is 10.1. The number of carbonyl (C=O) groups is 2. The maximum Gasteiger partial charge on any atom is 0.303 e. The molecule has 0 amide bonds. The van der Waals surface area contributed by atoms with Gasteiger partial charge in [0.2, 0.25) is 0 Å². The Bertz CT molecular complexity index is 358. The summed E-state index contributed by atoms with van der Waals surface area (Å²) >= 11 is 0. The quantitative estimate of drug-likeness (QED) is 0.288. The van der Waals surface area contributed by atoms with Crippen LogP contribution in [-0.4, -0.2) is 28.1 Å². The maximum absolute atomic E-state index is 11.6. The molecular weight excluding hydrogens is 280 g/mol. The summed E-state index contributed by atoms with van der Waals surface area (Å²) in [7, 11) is 0. The molecule has 0 spiro atoms. The first-order valence-electron chi connectivity index (χ1n) is 8.33. The molecule has 22 heavy (non-hydrogen) atoms. The van der Waals surface area contributed by atoms with Gasteiger partial charge in [0.25, 0.3) is 0 Å². The van der Waals surface area contributed by atoms with Crippen LogP contribution in [0.4, 0.5) is 0 Å². The number of hydrogen-bond acceptors (Lipinski definition) is 3. The minimum atomic E-state index is -0.742. The first-order valence-corrected chi connectivity index (χ1v) is 8.33. The largest absolute Gasteiger partial charge is 0.481 e. The van der Waals surface area contributed by atoms with Crippen molar-refractivity contribution in [3.8, 4) is 0 Å². The van der Waals surface area contributed by atoms with E-state index in [9.17, 15) is 14.7 Å². The number of allylic oxidation sites excluding steroid dienone is 3. The lowest BCUT2D eigenvalue weighted by Crippen LogP contribution is -2.00. The van der Waals surface area contributed by atoms with Gasteiger partial charge in [0.05, 0.1) is 6.10 Å². The van der Waals surface area contributed by atoms with Crippen LogP contribution in [0.2, 0.25) is 0 Å². The minimum Gasteiger partial charge on any atom is -0.481 e. The van der Waals surface area contributed by atoms with Crippen molar-refractivity contribution in [2.75, 3.05) is 0 Å². The molecule has 0 aliphatic carbocycles. The molecule has 0 bridgehead atoms. The summed E-state index contributed by atoms with van der Waals surface area (Å²) < 4.78 is 0. The summed E-state index contributed by atoms with van der Waals surface area (Å²) in [6, 6.07) is 0. The first kappa shape index (κ1) is 20.6.